The Kier molecular flexibility index (Phi) is 2.44. The Balaban J connectivity index is 2.73. The van der Waals surface area contributed by atoms with Crippen LogP contribution in [0.4, 0.5) is 0 Å². The molecule has 1 N–H and O–H groups in total. The third kappa shape index (κ3) is 1.38. The molecule has 0 aliphatic heterocycles. The number of aryl methyl sites for hydroxylation is 1. The van der Waals surface area contributed by atoms with Gasteiger partial charge in [0.25, 0.3) is 0 Å². The molecule has 0 atom stereocenters. The maximum Gasteiger partial charge on any atom is 0.0942 e. The molecule has 1 aromatic heterocycles. The fourth-order valence-corrected chi connectivity index (χ4v) is 1.76. The zero-order chi connectivity index (χ0) is 10.1. The van der Waals surface area contributed by atoms with Crippen LogP contribution in [0.1, 0.15) is 12.6 Å². The van der Waals surface area contributed by atoms with E-state index in [0.717, 1.165) is 23.1 Å². The number of benzene rings is 1. The highest BCUT2D eigenvalue weighted by molar-refractivity contribution is 6.31. The normalized spacial score (nSPS) is 11.1. The molecule has 3 nitrogen and oxygen atoms in total. The summed E-state index contributed by atoms with van der Waals surface area (Å²) in [5.74, 6) is 0. The summed E-state index contributed by atoms with van der Waals surface area (Å²) < 4.78 is 1.79. The van der Waals surface area contributed by atoms with Crippen LogP contribution in [0.25, 0.3) is 10.9 Å². The van der Waals surface area contributed by atoms with E-state index in [1.807, 2.05) is 25.1 Å². The first-order valence-electron chi connectivity index (χ1n) is 4.52. The molecule has 4 heteroatoms. The van der Waals surface area contributed by atoms with Crippen LogP contribution >= 0.6 is 11.6 Å². The van der Waals surface area contributed by atoms with Gasteiger partial charge in [0.05, 0.1) is 17.8 Å². The number of hydrogen-bond acceptors (Lipinski definition) is 2. The molecule has 1 heterocycles. The summed E-state index contributed by atoms with van der Waals surface area (Å²) in [7, 11) is 0. The van der Waals surface area contributed by atoms with Crippen molar-refractivity contribution < 1.29 is 5.11 Å². The van der Waals surface area contributed by atoms with E-state index in [1.54, 1.807) is 4.68 Å². The monoisotopic (exact) mass is 210 g/mol. The van der Waals surface area contributed by atoms with E-state index in [1.165, 1.54) is 0 Å². The molecule has 0 amide bonds. The van der Waals surface area contributed by atoms with Crippen molar-refractivity contribution in [1.82, 2.24) is 9.78 Å². The molecule has 74 valence electrons. The van der Waals surface area contributed by atoms with Crippen LogP contribution in [0.5, 0.6) is 0 Å². The Labute approximate surface area is 86.9 Å². The fraction of sp³-hybridized carbons (Fsp3) is 0.300. The number of halogens is 1. The largest absolute Gasteiger partial charge is 0.390 e. The van der Waals surface area contributed by atoms with Gasteiger partial charge in [0.15, 0.2) is 0 Å². The van der Waals surface area contributed by atoms with E-state index < -0.39 is 0 Å². The fourth-order valence-electron chi connectivity index (χ4n) is 1.59. The maximum absolute atomic E-state index is 9.21. The average molecular weight is 211 g/mol. The van der Waals surface area contributed by atoms with Gasteiger partial charge in [0, 0.05) is 17.0 Å². The Morgan fingerprint density at radius 3 is 2.93 bits per heavy atom. The third-order valence-corrected chi connectivity index (χ3v) is 2.50. The van der Waals surface area contributed by atoms with Gasteiger partial charge in [-0.1, -0.05) is 11.6 Å². The van der Waals surface area contributed by atoms with Gasteiger partial charge in [-0.15, -0.1) is 0 Å². The molecule has 2 rings (SSSR count). The number of aromatic nitrogens is 2. The topological polar surface area (TPSA) is 38.0 Å². The molecule has 0 fully saturated rings. The predicted octanol–water partition coefficient (Wildman–Crippen LogP) is 2.20. The average Bonchev–Trinajstić information content (AvgIpc) is 2.54. The predicted molar refractivity (Wildman–Crippen MR) is 56.3 cm³/mol. The molecule has 0 bridgehead atoms. The van der Waals surface area contributed by atoms with Gasteiger partial charge < -0.3 is 5.11 Å². The van der Waals surface area contributed by atoms with Gasteiger partial charge in [-0.05, 0) is 25.1 Å². The summed E-state index contributed by atoms with van der Waals surface area (Å²) in [5.41, 5.74) is 1.68. The molecule has 0 aliphatic rings. The van der Waals surface area contributed by atoms with E-state index in [4.69, 9.17) is 11.6 Å². The van der Waals surface area contributed by atoms with Crippen molar-refractivity contribution in [2.75, 3.05) is 0 Å². The quantitative estimate of drug-likeness (QED) is 0.825. The van der Waals surface area contributed by atoms with Gasteiger partial charge in [-0.2, -0.15) is 5.10 Å². The SMILES string of the molecule is CCn1nc2cc(Cl)ccc2c1CO. The lowest BCUT2D eigenvalue weighted by Gasteiger charge is -1.99. The first-order chi connectivity index (χ1) is 6.76. The van der Waals surface area contributed by atoms with E-state index >= 15 is 0 Å². The van der Waals surface area contributed by atoms with Crippen LogP contribution in [0, 0.1) is 0 Å². The van der Waals surface area contributed by atoms with Gasteiger partial charge in [-0.25, -0.2) is 0 Å². The Hall–Kier alpha value is -1.06. The zero-order valence-electron chi connectivity index (χ0n) is 7.87. The highest BCUT2D eigenvalue weighted by atomic mass is 35.5. The third-order valence-electron chi connectivity index (χ3n) is 2.26. The Morgan fingerprint density at radius 2 is 2.29 bits per heavy atom. The lowest BCUT2D eigenvalue weighted by molar-refractivity contribution is 0.270. The first kappa shape index (κ1) is 9.49. The smallest absolute Gasteiger partial charge is 0.0942 e. The molecular weight excluding hydrogens is 200 g/mol. The highest BCUT2D eigenvalue weighted by Gasteiger charge is 2.08. The summed E-state index contributed by atoms with van der Waals surface area (Å²) in [6.07, 6.45) is 0. The number of aliphatic hydroxyl groups excluding tert-OH is 1. The second-order valence-corrected chi connectivity index (χ2v) is 3.52. The number of aliphatic hydroxyl groups is 1. The van der Waals surface area contributed by atoms with Crippen molar-refractivity contribution in [2.24, 2.45) is 0 Å². The van der Waals surface area contributed by atoms with Crippen LogP contribution in [-0.2, 0) is 13.2 Å². The van der Waals surface area contributed by atoms with Crippen molar-refractivity contribution in [3.63, 3.8) is 0 Å². The summed E-state index contributed by atoms with van der Waals surface area (Å²) >= 11 is 5.85. The maximum atomic E-state index is 9.21. The standard InChI is InChI=1S/C10H11ClN2O/c1-2-13-10(6-14)8-4-3-7(11)5-9(8)12-13/h3-5,14H,2,6H2,1H3. The molecule has 0 saturated heterocycles. The first-order valence-corrected chi connectivity index (χ1v) is 4.90. The summed E-state index contributed by atoms with van der Waals surface area (Å²) in [4.78, 5) is 0. The number of nitrogens with zero attached hydrogens (tertiary/aromatic N) is 2. The molecule has 0 saturated carbocycles. The second-order valence-electron chi connectivity index (χ2n) is 3.08. The Morgan fingerprint density at radius 1 is 1.50 bits per heavy atom. The van der Waals surface area contributed by atoms with Crippen LogP contribution in [-0.4, -0.2) is 14.9 Å². The van der Waals surface area contributed by atoms with Crippen LogP contribution in [0.15, 0.2) is 18.2 Å². The molecule has 2 aromatic rings. The van der Waals surface area contributed by atoms with Crippen LogP contribution in [0.2, 0.25) is 5.02 Å². The van der Waals surface area contributed by atoms with Gasteiger partial charge in [0.1, 0.15) is 0 Å². The lowest BCUT2D eigenvalue weighted by atomic mass is 10.2. The van der Waals surface area contributed by atoms with Crippen molar-refractivity contribution in [3.8, 4) is 0 Å². The number of fused-ring (bicyclic) bond motifs is 1. The summed E-state index contributed by atoms with van der Waals surface area (Å²) in [6.45, 7) is 2.75. The molecule has 0 spiro atoms. The van der Waals surface area contributed by atoms with Crippen molar-refractivity contribution >= 4 is 22.5 Å². The molecular formula is C10H11ClN2O. The lowest BCUT2D eigenvalue weighted by Crippen LogP contribution is -2.01. The van der Waals surface area contributed by atoms with Gasteiger partial charge in [0.2, 0.25) is 0 Å². The minimum absolute atomic E-state index is 0.00592. The second kappa shape index (κ2) is 3.59. The summed E-state index contributed by atoms with van der Waals surface area (Å²) in [6, 6.07) is 5.51. The van der Waals surface area contributed by atoms with Crippen LogP contribution < -0.4 is 0 Å². The van der Waals surface area contributed by atoms with Crippen molar-refractivity contribution in [3.05, 3.63) is 28.9 Å². The summed E-state index contributed by atoms with van der Waals surface area (Å²) in [5, 5.41) is 15.2. The molecule has 0 aliphatic carbocycles. The minimum atomic E-state index is 0.00592. The van der Waals surface area contributed by atoms with Crippen LogP contribution in [0.3, 0.4) is 0 Å². The van der Waals surface area contributed by atoms with Gasteiger partial charge in [-0.3, -0.25) is 4.68 Å². The van der Waals surface area contributed by atoms with E-state index in [0.29, 0.717) is 5.02 Å². The Bertz CT molecular complexity index is 464. The molecule has 0 unspecified atom stereocenters. The van der Waals surface area contributed by atoms with Crippen molar-refractivity contribution in [1.29, 1.82) is 0 Å². The zero-order valence-corrected chi connectivity index (χ0v) is 8.62. The minimum Gasteiger partial charge on any atom is -0.390 e. The molecule has 0 radical (unpaired) electrons. The van der Waals surface area contributed by atoms with E-state index in [2.05, 4.69) is 5.10 Å². The molecule has 14 heavy (non-hydrogen) atoms. The van der Waals surface area contributed by atoms with Crippen molar-refractivity contribution in [2.45, 2.75) is 20.1 Å². The number of rotatable bonds is 2. The van der Waals surface area contributed by atoms with E-state index in [9.17, 15) is 5.11 Å². The molecule has 1 aromatic carbocycles. The number of hydrogen-bond donors (Lipinski definition) is 1. The highest BCUT2D eigenvalue weighted by Crippen LogP contribution is 2.22. The van der Waals surface area contributed by atoms with Gasteiger partial charge >= 0.3 is 0 Å². The van der Waals surface area contributed by atoms with E-state index in [-0.39, 0.29) is 6.61 Å².